The molecule has 0 aliphatic heterocycles. The molecule has 1 heterocycles. The first-order valence-electron chi connectivity index (χ1n) is 3.88. The lowest BCUT2D eigenvalue weighted by Gasteiger charge is -2.01. The first-order chi connectivity index (χ1) is 6.24. The van der Waals surface area contributed by atoms with Crippen molar-refractivity contribution in [2.45, 2.75) is 19.4 Å². The van der Waals surface area contributed by atoms with Crippen molar-refractivity contribution in [1.82, 2.24) is 14.8 Å². The van der Waals surface area contributed by atoms with Gasteiger partial charge in [0.25, 0.3) is 0 Å². The molecule has 0 aliphatic rings. The minimum absolute atomic E-state index is 0.174. The fourth-order valence-electron chi connectivity index (χ4n) is 0.957. The fraction of sp³-hybridized carbons (Fsp3) is 0.571. The Balaban J connectivity index is 2.60. The highest BCUT2D eigenvalue weighted by molar-refractivity contribution is 5.68. The van der Waals surface area contributed by atoms with Crippen LogP contribution in [-0.2, 0) is 17.8 Å². The number of halogens is 1. The second-order valence-corrected chi connectivity index (χ2v) is 2.51. The first-order valence-corrected chi connectivity index (χ1v) is 3.88. The van der Waals surface area contributed by atoms with Crippen LogP contribution in [0.15, 0.2) is 6.33 Å². The van der Waals surface area contributed by atoms with Crippen LogP contribution in [0.4, 0.5) is 4.39 Å². The molecule has 0 aromatic carbocycles. The fourth-order valence-corrected chi connectivity index (χ4v) is 0.957. The maximum absolute atomic E-state index is 11.8. The number of aliphatic carboxylic acids is 1. The molecule has 0 atom stereocenters. The molecule has 1 aromatic rings. The summed E-state index contributed by atoms with van der Waals surface area (Å²) in [6, 6.07) is 0. The predicted octanol–water partition coefficient (Wildman–Crippen LogP) is 0.265. The van der Waals surface area contributed by atoms with Crippen molar-refractivity contribution >= 4 is 5.97 Å². The van der Waals surface area contributed by atoms with Gasteiger partial charge in [0.15, 0.2) is 0 Å². The van der Waals surface area contributed by atoms with Crippen LogP contribution in [0.2, 0.25) is 0 Å². The highest BCUT2D eigenvalue weighted by Crippen LogP contribution is 1.97. The number of alkyl halides is 1. The molecule has 0 fully saturated rings. The largest absolute Gasteiger partial charge is 0.481 e. The second-order valence-electron chi connectivity index (χ2n) is 2.51. The number of hydrogen-bond donors (Lipinski definition) is 1. The van der Waals surface area contributed by atoms with E-state index in [9.17, 15) is 9.18 Å². The van der Waals surface area contributed by atoms with Gasteiger partial charge in [-0.05, 0) is 6.42 Å². The maximum atomic E-state index is 11.8. The summed E-state index contributed by atoms with van der Waals surface area (Å²) in [7, 11) is 0. The Hall–Kier alpha value is -1.46. The van der Waals surface area contributed by atoms with Gasteiger partial charge in [-0.1, -0.05) is 0 Å². The Morgan fingerprint density at radius 1 is 1.69 bits per heavy atom. The quantitative estimate of drug-likeness (QED) is 0.718. The molecule has 0 unspecified atom stereocenters. The summed E-state index contributed by atoms with van der Waals surface area (Å²) in [4.78, 5) is 14.1. The third kappa shape index (κ3) is 2.81. The predicted molar refractivity (Wildman–Crippen MR) is 42.0 cm³/mol. The van der Waals surface area contributed by atoms with E-state index in [2.05, 4.69) is 10.1 Å². The summed E-state index contributed by atoms with van der Waals surface area (Å²) >= 11 is 0. The van der Waals surface area contributed by atoms with E-state index in [-0.39, 0.29) is 6.42 Å². The Labute approximate surface area is 74.2 Å². The molecule has 0 amide bonds. The van der Waals surface area contributed by atoms with Gasteiger partial charge in [0.1, 0.15) is 18.6 Å². The van der Waals surface area contributed by atoms with E-state index in [4.69, 9.17) is 5.11 Å². The van der Waals surface area contributed by atoms with E-state index < -0.39 is 12.6 Å². The number of nitrogens with zero attached hydrogens (tertiary/aromatic N) is 3. The Kier molecular flexibility index (Phi) is 3.36. The van der Waals surface area contributed by atoms with Crippen molar-refractivity contribution in [2.75, 3.05) is 6.67 Å². The van der Waals surface area contributed by atoms with Crippen LogP contribution < -0.4 is 0 Å². The molecule has 0 radical (unpaired) electrons. The normalized spacial score (nSPS) is 10.2. The molecule has 72 valence electrons. The number of hydrogen-bond acceptors (Lipinski definition) is 3. The molecule has 0 aliphatic carbocycles. The zero-order valence-corrected chi connectivity index (χ0v) is 6.98. The van der Waals surface area contributed by atoms with Crippen LogP contribution in [0.5, 0.6) is 0 Å². The smallest absolute Gasteiger partial charge is 0.311 e. The lowest BCUT2D eigenvalue weighted by molar-refractivity contribution is -0.136. The summed E-state index contributed by atoms with van der Waals surface area (Å²) in [5.41, 5.74) is 0. The van der Waals surface area contributed by atoms with Crippen molar-refractivity contribution in [3.8, 4) is 0 Å². The van der Waals surface area contributed by atoms with E-state index in [1.807, 2.05) is 0 Å². The molecule has 0 bridgehead atoms. The van der Waals surface area contributed by atoms with Crippen LogP contribution in [0.1, 0.15) is 12.2 Å². The first kappa shape index (κ1) is 9.63. The summed E-state index contributed by atoms with van der Waals surface area (Å²) in [6.07, 6.45) is 1.43. The van der Waals surface area contributed by atoms with Gasteiger partial charge in [-0.15, -0.1) is 0 Å². The highest BCUT2D eigenvalue weighted by atomic mass is 19.1. The molecule has 0 saturated heterocycles. The van der Waals surface area contributed by atoms with Gasteiger partial charge in [0, 0.05) is 6.54 Å². The zero-order valence-electron chi connectivity index (χ0n) is 6.98. The van der Waals surface area contributed by atoms with Gasteiger partial charge in [0.2, 0.25) is 0 Å². The van der Waals surface area contributed by atoms with Gasteiger partial charge in [-0.2, -0.15) is 5.10 Å². The van der Waals surface area contributed by atoms with E-state index in [1.165, 1.54) is 11.0 Å². The summed E-state index contributed by atoms with van der Waals surface area (Å²) in [5.74, 6) is -0.601. The molecule has 1 aromatic heterocycles. The molecular formula is C7H10FN3O2. The Morgan fingerprint density at radius 3 is 3.08 bits per heavy atom. The van der Waals surface area contributed by atoms with Gasteiger partial charge in [-0.25, -0.2) is 9.67 Å². The standard InChI is InChI=1S/C7H10FN3O2/c8-2-1-3-11-6(4-7(12)13)9-5-10-11/h5H,1-4H2,(H,12,13). The zero-order chi connectivity index (χ0) is 9.68. The van der Waals surface area contributed by atoms with Crippen molar-refractivity contribution in [3.63, 3.8) is 0 Å². The van der Waals surface area contributed by atoms with Crippen LogP contribution in [0.25, 0.3) is 0 Å². The lowest BCUT2D eigenvalue weighted by atomic mass is 10.4. The summed E-state index contributed by atoms with van der Waals surface area (Å²) in [5, 5.41) is 12.3. The number of aryl methyl sites for hydroxylation is 1. The van der Waals surface area contributed by atoms with Crippen LogP contribution in [0.3, 0.4) is 0 Å². The molecule has 6 heteroatoms. The van der Waals surface area contributed by atoms with Gasteiger partial charge in [-0.3, -0.25) is 9.18 Å². The topological polar surface area (TPSA) is 68.0 Å². The van der Waals surface area contributed by atoms with Gasteiger partial charge >= 0.3 is 5.97 Å². The number of rotatable bonds is 5. The molecule has 0 spiro atoms. The third-order valence-corrected chi connectivity index (χ3v) is 1.51. The van der Waals surface area contributed by atoms with Gasteiger partial charge in [0.05, 0.1) is 6.67 Å². The van der Waals surface area contributed by atoms with Crippen LogP contribution in [0, 0.1) is 0 Å². The molecule has 5 nitrogen and oxygen atoms in total. The molecular weight excluding hydrogens is 177 g/mol. The highest BCUT2D eigenvalue weighted by Gasteiger charge is 2.07. The van der Waals surface area contributed by atoms with Crippen LogP contribution >= 0.6 is 0 Å². The maximum Gasteiger partial charge on any atom is 0.311 e. The van der Waals surface area contributed by atoms with E-state index in [0.717, 1.165) is 0 Å². The SMILES string of the molecule is O=C(O)Cc1ncnn1CCCF. The van der Waals surface area contributed by atoms with Gasteiger partial charge < -0.3 is 5.11 Å². The molecule has 1 N–H and O–H groups in total. The van der Waals surface area contributed by atoms with Crippen molar-refractivity contribution < 1.29 is 14.3 Å². The summed E-state index contributed by atoms with van der Waals surface area (Å²) < 4.78 is 13.2. The average molecular weight is 187 g/mol. The monoisotopic (exact) mass is 187 g/mol. The Morgan fingerprint density at radius 2 is 2.46 bits per heavy atom. The number of aromatic nitrogens is 3. The van der Waals surface area contributed by atoms with Crippen molar-refractivity contribution in [1.29, 1.82) is 0 Å². The minimum atomic E-state index is -0.963. The number of carbonyl (C=O) groups is 1. The van der Waals surface area contributed by atoms with Crippen molar-refractivity contribution in [2.24, 2.45) is 0 Å². The number of carboxylic acid groups (broad SMARTS) is 1. The Bertz CT molecular complexity index is 287. The lowest BCUT2D eigenvalue weighted by Crippen LogP contribution is -2.11. The molecule has 13 heavy (non-hydrogen) atoms. The van der Waals surface area contributed by atoms with Crippen LogP contribution in [-0.4, -0.2) is 32.5 Å². The average Bonchev–Trinajstić information content (AvgIpc) is 2.48. The second kappa shape index (κ2) is 4.54. The molecule has 0 saturated carbocycles. The van der Waals surface area contributed by atoms with E-state index in [0.29, 0.717) is 18.8 Å². The molecule has 1 rings (SSSR count). The number of carboxylic acids is 1. The van der Waals surface area contributed by atoms with Crippen molar-refractivity contribution in [3.05, 3.63) is 12.2 Å². The summed E-state index contributed by atoms with van der Waals surface area (Å²) in [6.45, 7) is -0.0640. The van der Waals surface area contributed by atoms with E-state index in [1.54, 1.807) is 0 Å². The minimum Gasteiger partial charge on any atom is -0.481 e. The van der Waals surface area contributed by atoms with E-state index >= 15 is 0 Å². The third-order valence-electron chi connectivity index (χ3n) is 1.51.